The summed E-state index contributed by atoms with van der Waals surface area (Å²) in [4.78, 5) is 13.8. The van der Waals surface area contributed by atoms with E-state index in [9.17, 15) is 4.79 Å². The summed E-state index contributed by atoms with van der Waals surface area (Å²) in [5.41, 5.74) is 1.30. The maximum Gasteiger partial charge on any atom is 0.321 e. The minimum atomic E-state index is -0.0898. The third-order valence-corrected chi connectivity index (χ3v) is 2.92. The third-order valence-electron chi connectivity index (χ3n) is 2.92. The number of carbonyl (C=O) groups excluding carboxylic acids is 1. The van der Waals surface area contributed by atoms with Crippen LogP contribution in [0.5, 0.6) is 0 Å². The number of piperazine rings is 1. The molecular weight excluding hydrogens is 228 g/mol. The summed E-state index contributed by atoms with van der Waals surface area (Å²) in [6.07, 6.45) is 0. The second-order valence-electron chi connectivity index (χ2n) is 4.42. The molecule has 1 aromatic carbocycles. The average Bonchev–Trinajstić information content (AvgIpc) is 2.39. The molecule has 1 atom stereocenters. The minimum Gasteiger partial charge on any atom is -0.322 e. The lowest BCUT2D eigenvalue weighted by Crippen LogP contribution is -2.52. The van der Waals surface area contributed by atoms with Gasteiger partial charge in [-0.15, -0.1) is 0 Å². The van der Waals surface area contributed by atoms with Crippen LogP contribution < -0.4 is 10.6 Å². The highest BCUT2D eigenvalue weighted by atomic mass is 16.2. The molecule has 1 fully saturated rings. The number of benzene rings is 1. The number of rotatable bonds is 1. The molecule has 1 aromatic rings. The SMILES string of the molecule is CC1CN(C(=O)Nc2ccc(C#N)cc2)CCN1. The van der Waals surface area contributed by atoms with Crippen LogP contribution in [-0.4, -0.2) is 36.6 Å². The van der Waals surface area contributed by atoms with Gasteiger partial charge in [0.05, 0.1) is 11.6 Å². The Labute approximate surface area is 106 Å². The van der Waals surface area contributed by atoms with Gasteiger partial charge in [0.2, 0.25) is 0 Å². The Morgan fingerprint density at radius 1 is 1.50 bits per heavy atom. The molecule has 0 saturated carbocycles. The Hall–Kier alpha value is -2.06. The molecular formula is C13H16N4O. The Balaban J connectivity index is 1.96. The number of nitrogens with zero attached hydrogens (tertiary/aromatic N) is 2. The second kappa shape index (κ2) is 5.52. The molecule has 1 unspecified atom stereocenters. The Morgan fingerprint density at radius 2 is 2.22 bits per heavy atom. The molecule has 5 nitrogen and oxygen atoms in total. The summed E-state index contributed by atoms with van der Waals surface area (Å²) in [6.45, 7) is 4.30. The van der Waals surface area contributed by atoms with Crippen molar-refractivity contribution in [2.75, 3.05) is 25.0 Å². The van der Waals surface area contributed by atoms with Crippen LogP contribution in [0.25, 0.3) is 0 Å². The molecule has 0 spiro atoms. The third kappa shape index (κ3) is 2.99. The van der Waals surface area contributed by atoms with Crippen LogP contribution in [0.15, 0.2) is 24.3 Å². The van der Waals surface area contributed by atoms with Crippen molar-refractivity contribution in [3.8, 4) is 6.07 Å². The molecule has 0 aromatic heterocycles. The molecule has 2 rings (SSSR count). The van der Waals surface area contributed by atoms with E-state index in [1.807, 2.05) is 6.07 Å². The van der Waals surface area contributed by atoms with Crippen molar-refractivity contribution >= 4 is 11.7 Å². The molecule has 94 valence electrons. The van der Waals surface area contributed by atoms with Gasteiger partial charge in [-0.1, -0.05) is 0 Å². The first-order chi connectivity index (χ1) is 8.69. The quantitative estimate of drug-likeness (QED) is 0.784. The Kier molecular flexibility index (Phi) is 3.80. The van der Waals surface area contributed by atoms with Crippen LogP contribution in [0.3, 0.4) is 0 Å². The van der Waals surface area contributed by atoms with E-state index in [4.69, 9.17) is 5.26 Å². The second-order valence-corrected chi connectivity index (χ2v) is 4.42. The number of hydrogen-bond acceptors (Lipinski definition) is 3. The molecule has 2 N–H and O–H groups in total. The monoisotopic (exact) mass is 244 g/mol. The first-order valence-electron chi connectivity index (χ1n) is 5.98. The van der Waals surface area contributed by atoms with Crippen molar-refractivity contribution in [1.29, 1.82) is 5.26 Å². The van der Waals surface area contributed by atoms with Crippen LogP contribution in [0.4, 0.5) is 10.5 Å². The van der Waals surface area contributed by atoms with Gasteiger partial charge in [-0.25, -0.2) is 4.79 Å². The van der Waals surface area contributed by atoms with E-state index in [-0.39, 0.29) is 6.03 Å². The van der Waals surface area contributed by atoms with Crippen molar-refractivity contribution in [2.24, 2.45) is 0 Å². The molecule has 1 heterocycles. The maximum absolute atomic E-state index is 12.0. The smallest absolute Gasteiger partial charge is 0.321 e. The van der Waals surface area contributed by atoms with Crippen LogP contribution in [-0.2, 0) is 0 Å². The van der Waals surface area contributed by atoms with E-state index in [1.54, 1.807) is 29.2 Å². The highest BCUT2D eigenvalue weighted by Crippen LogP contribution is 2.10. The van der Waals surface area contributed by atoms with Crippen molar-refractivity contribution < 1.29 is 4.79 Å². The number of amides is 2. The van der Waals surface area contributed by atoms with Gasteiger partial charge in [0.1, 0.15) is 0 Å². The number of anilines is 1. The van der Waals surface area contributed by atoms with Gasteiger partial charge in [0, 0.05) is 31.4 Å². The summed E-state index contributed by atoms with van der Waals surface area (Å²) in [5, 5.41) is 14.8. The van der Waals surface area contributed by atoms with Gasteiger partial charge in [-0.05, 0) is 31.2 Å². The summed E-state index contributed by atoms with van der Waals surface area (Å²) < 4.78 is 0. The maximum atomic E-state index is 12.0. The van der Waals surface area contributed by atoms with E-state index in [0.29, 0.717) is 30.4 Å². The lowest BCUT2D eigenvalue weighted by atomic mass is 10.2. The van der Waals surface area contributed by atoms with Gasteiger partial charge in [-0.2, -0.15) is 5.26 Å². The summed E-state index contributed by atoms with van der Waals surface area (Å²) in [7, 11) is 0. The fraction of sp³-hybridized carbons (Fsp3) is 0.385. The predicted octanol–water partition coefficient (Wildman–Crippen LogP) is 1.38. The number of urea groups is 1. The van der Waals surface area contributed by atoms with E-state index in [0.717, 1.165) is 6.54 Å². The molecule has 1 saturated heterocycles. The van der Waals surface area contributed by atoms with Gasteiger partial charge in [-0.3, -0.25) is 0 Å². The van der Waals surface area contributed by atoms with E-state index < -0.39 is 0 Å². The van der Waals surface area contributed by atoms with Crippen LogP contribution in [0.2, 0.25) is 0 Å². The largest absolute Gasteiger partial charge is 0.322 e. The zero-order chi connectivity index (χ0) is 13.0. The van der Waals surface area contributed by atoms with Crippen LogP contribution >= 0.6 is 0 Å². The number of nitrogens with one attached hydrogen (secondary N) is 2. The molecule has 18 heavy (non-hydrogen) atoms. The molecule has 2 amide bonds. The van der Waals surface area contributed by atoms with Crippen molar-refractivity contribution in [1.82, 2.24) is 10.2 Å². The molecule has 1 aliphatic heterocycles. The van der Waals surface area contributed by atoms with Crippen molar-refractivity contribution in [2.45, 2.75) is 13.0 Å². The van der Waals surface area contributed by atoms with E-state index in [2.05, 4.69) is 17.6 Å². The molecule has 0 radical (unpaired) electrons. The van der Waals surface area contributed by atoms with Gasteiger partial charge >= 0.3 is 6.03 Å². The summed E-state index contributed by atoms with van der Waals surface area (Å²) in [5.74, 6) is 0. The topological polar surface area (TPSA) is 68.2 Å². The average molecular weight is 244 g/mol. The first kappa shape index (κ1) is 12.4. The number of nitriles is 1. The fourth-order valence-electron chi connectivity index (χ4n) is 1.95. The van der Waals surface area contributed by atoms with Gasteiger partial charge in [0.25, 0.3) is 0 Å². The fourth-order valence-corrected chi connectivity index (χ4v) is 1.95. The van der Waals surface area contributed by atoms with Gasteiger partial charge in [0.15, 0.2) is 0 Å². The zero-order valence-electron chi connectivity index (χ0n) is 10.3. The summed E-state index contributed by atoms with van der Waals surface area (Å²) >= 11 is 0. The zero-order valence-corrected chi connectivity index (χ0v) is 10.3. The standard InChI is InChI=1S/C13H16N4O/c1-10-9-17(7-6-15-10)13(18)16-12-4-2-11(8-14)3-5-12/h2-5,10,15H,6-7,9H2,1H3,(H,16,18). The summed E-state index contributed by atoms with van der Waals surface area (Å²) in [6, 6.07) is 9.14. The lowest BCUT2D eigenvalue weighted by molar-refractivity contribution is 0.192. The highest BCUT2D eigenvalue weighted by Gasteiger charge is 2.20. The highest BCUT2D eigenvalue weighted by molar-refractivity contribution is 5.89. The van der Waals surface area contributed by atoms with Crippen molar-refractivity contribution in [3.05, 3.63) is 29.8 Å². The van der Waals surface area contributed by atoms with Crippen LogP contribution in [0, 0.1) is 11.3 Å². The molecule has 0 bridgehead atoms. The van der Waals surface area contributed by atoms with Gasteiger partial charge < -0.3 is 15.5 Å². The Bertz CT molecular complexity index is 463. The molecule has 0 aliphatic carbocycles. The van der Waals surface area contributed by atoms with E-state index >= 15 is 0 Å². The minimum absolute atomic E-state index is 0.0898. The Morgan fingerprint density at radius 3 is 2.83 bits per heavy atom. The molecule has 1 aliphatic rings. The normalized spacial score (nSPS) is 19.1. The first-order valence-corrected chi connectivity index (χ1v) is 5.98. The van der Waals surface area contributed by atoms with E-state index in [1.165, 1.54) is 0 Å². The van der Waals surface area contributed by atoms with Crippen molar-refractivity contribution in [3.63, 3.8) is 0 Å². The number of hydrogen-bond donors (Lipinski definition) is 2. The number of carbonyl (C=O) groups is 1. The predicted molar refractivity (Wildman–Crippen MR) is 69.2 cm³/mol. The van der Waals surface area contributed by atoms with Crippen LogP contribution in [0.1, 0.15) is 12.5 Å². The lowest BCUT2D eigenvalue weighted by Gasteiger charge is -2.31. The molecule has 5 heteroatoms.